The molecule has 102 valence electrons. The van der Waals surface area contributed by atoms with Crippen LogP contribution in [0.25, 0.3) is 0 Å². The van der Waals surface area contributed by atoms with E-state index in [9.17, 15) is 18.0 Å². The Morgan fingerprint density at radius 1 is 1.44 bits per heavy atom. The van der Waals surface area contributed by atoms with E-state index >= 15 is 0 Å². The van der Waals surface area contributed by atoms with Crippen LogP contribution < -0.4 is 0 Å². The summed E-state index contributed by atoms with van der Waals surface area (Å²) in [6.07, 6.45) is -4.51. The lowest BCUT2D eigenvalue weighted by Crippen LogP contribution is -2.14. The monoisotopic (exact) mass is 265 g/mol. The summed E-state index contributed by atoms with van der Waals surface area (Å²) in [6.45, 7) is 5.08. The Morgan fingerprint density at radius 3 is 2.50 bits per heavy atom. The maximum Gasteiger partial charge on any atom is 0.437 e. The van der Waals surface area contributed by atoms with Crippen molar-refractivity contribution < 1.29 is 27.1 Å². The summed E-state index contributed by atoms with van der Waals surface area (Å²) in [5, 5.41) is 0. The molecule has 0 radical (unpaired) electrons. The van der Waals surface area contributed by atoms with Crippen LogP contribution in [-0.2, 0) is 17.3 Å². The van der Waals surface area contributed by atoms with E-state index < -0.39 is 23.6 Å². The third kappa shape index (κ3) is 3.48. The number of oxazole rings is 1. The number of halogens is 3. The molecule has 0 bridgehead atoms. The first-order chi connectivity index (χ1) is 8.25. The minimum absolute atomic E-state index is 0.0314. The van der Waals surface area contributed by atoms with Crippen molar-refractivity contribution in [3.8, 4) is 0 Å². The van der Waals surface area contributed by atoms with Crippen molar-refractivity contribution in [2.24, 2.45) is 5.92 Å². The van der Waals surface area contributed by atoms with Crippen LogP contribution in [0, 0.1) is 5.92 Å². The number of carbonyl (C=O) groups is 1. The van der Waals surface area contributed by atoms with Crippen molar-refractivity contribution in [1.29, 1.82) is 0 Å². The second kappa shape index (κ2) is 5.41. The summed E-state index contributed by atoms with van der Waals surface area (Å²) in [6, 6.07) is 0. The maximum absolute atomic E-state index is 12.7. The Morgan fingerprint density at radius 2 is 2.06 bits per heavy atom. The highest BCUT2D eigenvalue weighted by atomic mass is 19.4. The van der Waals surface area contributed by atoms with Gasteiger partial charge in [-0.2, -0.15) is 13.2 Å². The zero-order valence-corrected chi connectivity index (χ0v) is 10.3. The maximum atomic E-state index is 12.7. The zero-order valence-electron chi connectivity index (χ0n) is 10.3. The number of alkyl halides is 3. The average Bonchev–Trinajstić information content (AvgIpc) is 2.60. The van der Waals surface area contributed by atoms with Gasteiger partial charge in [0.2, 0.25) is 5.76 Å². The molecule has 0 unspecified atom stereocenters. The number of hydrogen-bond acceptors (Lipinski definition) is 4. The van der Waals surface area contributed by atoms with Crippen LogP contribution in [0.15, 0.2) is 4.42 Å². The normalized spacial score (nSPS) is 11.9. The van der Waals surface area contributed by atoms with Gasteiger partial charge in [-0.25, -0.2) is 9.78 Å². The first kappa shape index (κ1) is 14.5. The Kier molecular flexibility index (Phi) is 4.37. The number of carbonyl (C=O) groups excluding carboxylic acids is 1. The SMILES string of the molecule is CCOC(=O)c1oc(CC(C)C)nc1C(F)(F)F. The van der Waals surface area contributed by atoms with E-state index in [-0.39, 0.29) is 24.8 Å². The molecule has 0 spiro atoms. The molecule has 0 amide bonds. The predicted molar refractivity (Wildman–Crippen MR) is 56.0 cm³/mol. The number of hydrogen-bond donors (Lipinski definition) is 0. The van der Waals surface area contributed by atoms with Crippen molar-refractivity contribution >= 4 is 5.97 Å². The van der Waals surface area contributed by atoms with E-state index in [0.29, 0.717) is 0 Å². The summed E-state index contributed by atoms with van der Waals surface area (Å²) in [4.78, 5) is 14.7. The van der Waals surface area contributed by atoms with Gasteiger partial charge in [0.05, 0.1) is 6.61 Å². The summed E-state index contributed by atoms with van der Waals surface area (Å²) >= 11 is 0. The Balaban J connectivity index is 3.13. The molecule has 18 heavy (non-hydrogen) atoms. The summed E-state index contributed by atoms with van der Waals surface area (Å²) in [7, 11) is 0. The van der Waals surface area contributed by atoms with E-state index in [1.165, 1.54) is 6.92 Å². The van der Waals surface area contributed by atoms with Gasteiger partial charge in [0.25, 0.3) is 0 Å². The third-order valence-corrected chi connectivity index (χ3v) is 1.98. The predicted octanol–water partition coefficient (Wildman–Crippen LogP) is 3.07. The first-order valence-corrected chi connectivity index (χ1v) is 5.49. The second-order valence-corrected chi connectivity index (χ2v) is 4.10. The standard InChI is InChI=1S/C11H14F3NO3/c1-4-17-10(16)8-9(11(12,13)14)15-7(18-8)5-6(2)3/h6H,4-5H2,1-3H3. The van der Waals surface area contributed by atoms with Crippen LogP contribution in [0.4, 0.5) is 13.2 Å². The summed E-state index contributed by atoms with van der Waals surface area (Å²) < 4.78 is 47.4. The highest BCUT2D eigenvalue weighted by Crippen LogP contribution is 2.32. The number of aromatic nitrogens is 1. The molecule has 0 aliphatic carbocycles. The molecule has 1 aromatic rings. The lowest BCUT2D eigenvalue weighted by molar-refractivity contribution is -0.141. The molecule has 0 saturated heterocycles. The van der Waals surface area contributed by atoms with Gasteiger partial charge >= 0.3 is 12.1 Å². The van der Waals surface area contributed by atoms with Crippen LogP contribution in [0.5, 0.6) is 0 Å². The summed E-state index contributed by atoms with van der Waals surface area (Å²) in [5.41, 5.74) is -1.32. The molecule has 1 aromatic heterocycles. The minimum atomic E-state index is -4.74. The number of esters is 1. The van der Waals surface area contributed by atoms with Crippen molar-refractivity contribution in [2.45, 2.75) is 33.4 Å². The molecule has 0 N–H and O–H groups in total. The quantitative estimate of drug-likeness (QED) is 0.785. The van der Waals surface area contributed by atoms with Gasteiger partial charge in [-0.1, -0.05) is 13.8 Å². The highest BCUT2D eigenvalue weighted by Gasteiger charge is 2.41. The molecule has 1 rings (SSSR count). The number of nitrogens with zero attached hydrogens (tertiary/aromatic N) is 1. The summed E-state index contributed by atoms with van der Waals surface area (Å²) in [5.74, 6) is -2.06. The molecule has 0 atom stereocenters. The van der Waals surface area contributed by atoms with Gasteiger partial charge in [-0.05, 0) is 12.8 Å². The number of ether oxygens (including phenoxy) is 1. The van der Waals surface area contributed by atoms with Gasteiger partial charge < -0.3 is 9.15 Å². The minimum Gasteiger partial charge on any atom is -0.460 e. The van der Waals surface area contributed by atoms with Gasteiger partial charge in [0, 0.05) is 6.42 Å². The van der Waals surface area contributed by atoms with Gasteiger partial charge in [-0.3, -0.25) is 0 Å². The molecule has 0 aliphatic heterocycles. The van der Waals surface area contributed by atoms with Gasteiger partial charge in [0.1, 0.15) is 0 Å². The van der Waals surface area contributed by atoms with E-state index in [1.807, 2.05) is 13.8 Å². The van der Waals surface area contributed by atoms with E-state index in [2.05, 4.69) is 9.72 Å². The van der Waals surface area contributed by atoms with Crippen molar-refractivity contribution in [2.75, 3.05) is 6.61 Å². The molecule has 1 heterocycles. The van der Waals surface area contributed by atoms with Crippen molar-refractivity contribution in [3.63, 3.8) is 0 Å². The fourth-order valence-corrected chi connectivity index (χ4v) is 1.33. The lowest BCUT2D eigenvalue weighted by Gasteiger charge is -2.03. The molecule has 7 heteroatoms. The molecular formula is C11H14F3NO3. The van der Waals surface area contributed by atoms with Crippen LogP contribution >= 0.6 is 0 Å². The fraction of sp³-hybridized carbons (Fsp3) is 0.636. The molecule has 0 aromatic carbocycles. The zero-order chi connectivity index (χ0) is 13.9. The van der Waals surface area contributed by atoms with Crippen LogP contribution in [0.2, 0.25) is 0 Å². The molecule has 4 nitrogen and oxygen atoms in total. The van der Waals surface area contributed by atoms with Crippen LogP contribution in [-0.4, -0.2) is 17.6 Å². The van der Waals surface area contributed by atoms with Gasteiger partial charge in [0.15, 0.2) is 11.6 Å². The topological polar surface area (TPSA) is 52.3 Å². The van der Waals surface area contributed by atoms with Crippen LogP contribution in [0.1, 0.15) is 42.9 Å². The average molecular weight is 265 g/mol. The molecular weight excluding hydrogens is 251 g/mol. The Bertz CT molecular complexity index is 424. The second-order valence-electron chi connectivity index (χ2n) is 4.10. The van der Waals surface area contributed by atoms with Gasteiger partial charge in [-0.15, -0.1) is 0 Å². The first-order valence-electron chi connectivity index (χ1n) is 5.49. The fourth-order valence-electron chi connectivity index (χ4n) is 1.33. The van der Waals surface area contributed by atoms with Crippen molar-refractivity contribution in [1.82, 2.24) is 4.98 Å². The van der Waals surface area contributed by atoms with Crippen molar-refractivity contribution in [3.05, 3.63) is 17.3 Å². The van der Waals surface area contributed by atoms with E-state index in [0.717, 1.165) is 0 Å². The van der Waals surface area contributed by atoms with Crippen LogP contribution in [0.3, 0.4) is 0 Å². The molecule has 0 saturated carbocycles. The highest BCUT2D eigenvalue weighted by molar-refractivity contribution is 5.87. The Hall–Kier alpha value is -1.53. The van der Waals surface area contributed by atoms with E-state index in [1.54, 1.807) is 0 Å². The number of rotatable bonds is 4. The largest absolute Gasteiger partial charge is 0.460 e. The molecule has 0 aliphatic rings. The Labute approximate surface area is 102 Å². The third-order valence-electron chi connectivity index (χ3n) is 1.98. The lowest BCUT2D eigenvalue weighted by atomic mass is 10.1. The smallest absolute Gasteiger partial charge is 0.437 e. The van der Waals surface area contributed by atoms with E-state index in [4.69, 9.17) is 4.42 Å². The molecule has 0 fully saturated rings.